The van der Waals surface area contributed by atoms with Crippen molar-refractivity contribution >= 4 is 40.6 Å². The Morgan fingerprint density at radius 2 is 2.14 bits per heavy atom. The highest BCUT2D eigenvalue weighted by molar-refractivity contribution is 8.14. The van der Waals surface area contributed by atoms with Crippen LogP contribution in [0.15, 0.2) is 5.16 Å². The Labute approximate surface area is 140 Å². The third-order valence-electron chi connectivity index (χ3n) is 3.00. The Morgan fingerprint density at radius 1 is 1.50 bits per heavy atom. The van der Waals surface area contributed by atoms with Crippen molar-refractivity contribution in [3.8, 4) is 0 Å². The second kappa shape index (κ2) is 8.21. The van der Waals surface area contributed by atoms with Crippen molar-refractivity contribution in [1.82, 2.24) is 4.31 Å². The van der Waals surface area contributed by atoms with Crippen molar-refractivity contribution in [2.75, 3.05) is 19.4 Å². The van der Waals surface area contributed by atoms with Gasteiger partial charge in [-0.2, -0.15) is 0 Å². The first-order valence-corrected chi connectivity index (χ1v) is 8.91. The first kappa shape index (κ1) is 19.3. The molecule has 6 nitrogen and oxygen atoms in total. The normalized spacial score (nSPS) is 21.0. The molecule has 1 atom stereocenters. The van der Waals surface area contributed by atoms with Gasteiger partial charge in [0, 0.05) is 18.7 Å². The fraction of sp³-hybridized carbons (Fsp3) is 0.786. The highest BCUT2D eigenvalue weighted by Crippen LogP contribution is 2.31. The summed E-state index contributed by atoms with van der Waals surface area (Å²) < 4.78 is 6.01. The molecule has 1 rings (SSSR count). The molecule has 1 fully saturated rings. The number of hydrogen-bond donors (Lipinski definition) is 0. The number of rotatable bonds is 5. The Morgan fingerprint density at radius 3 is 2.68 bits per heavy atom. The van der Waals surface area contributed by atoms with Gasteiger partial charge < -0.3 is 4.74 Å². The molecule has 0 N–H and O–H groups in total. The largest absolute Gasteiger partial charge is 0.445 e. The topological polar surface area (TPSA) is 68.2 Å². The summed E-state index contributed by atoms with van der Waals surface area (Å²) in [5.74, 6) is 0.776. The maximum Gasteiger partial charge on any atom is 0.445 e. The van der Waals surface area contributed by atoms with E-state index in [9.17, 15) is 9.59 Å². The summed E-state index contributed by atoms with van der Waals surface area (Å²) in [7, 11) is 1.57. The number of Topliss-reactive ketones (excluding diaryl/α,β-unsaturated/α-hetero) is 1. The molecule has 0 aromatic heterocycles. The number of ketones is 1. The van der Waals surface area contributed by atoms with Gasteiger partial charge >= 0.3 is 6.09 Å². The second-order valence-corrected chi connectivity index (χ2v) is 8.63. The lowest BCUT2D eigenvalue weighted by atomic mass is 9.98. The number of nitrogens with zero attached hydrogens (tertiary/aromatic N) is 2. The predicted molar refractivity (Wildman–Crippen MR) is 91.1 cm³/mol. The van der Waals surface area contributed by atoms with E-state index in [2.05, 4.69) is 5.16 Å². The van der Waals surface area contributed by atoms with Crippen molar-refractivity contribution in [3.05, 3.63) is 0 Å². The van der Waals surface area contributed by atoms with Crippen LogP contribution in [-0.2, 0) is 14.4 Å². The molecule has 1 aliphatic heterocycles. The van der Waals surface area contributed by atoms with E-state index in [0.29, 0.717) is 11.7 Å². The summed E-state index contributed by atoms with van der Waals surface area (Å²) >= 11 is 2.65. The van der Waals surface area contributed by atoms with Crippen LogP contribution in [0, 0.1) is 5.92 Å². The van der Waals surface area contributed by atoms with Gasteiger partial charge in [0.2, 0.25) is 0 Å². The number of ether oxygens (including phenoxy) is 1. The first-order chi connectivity index (χ1) is 10.1. The third kappa shape index (κ3) is 5.48. The average Bonchev–Trinajstić information content (AvgIpc) is 2.44. The van der Waals surface area contributed by atoms with E-state index >= 15 is 0 Å². The molecule has 1 amide bonds. The number of carbonyl (C=O) groups is 2. The molecule has 0 aliphatic carbocycles. The minimum atomic E-state index is -0.703. The Hall–Kier alpha value is -0.730. The second-order valence-electron chi connectivity index (χ2n) is 5.77. The molecule has 0 bridgehead atoms. The zero-order valence-electron chi connectivity index (χ0n) is 13.9. The van der Waals surface area contributed by atoms with Crippen molar-refractivity contribution < 1.29 is 19.2 Å². The van der Waals surface area contributed by atoms with Crippen LogP contribution in [0.1, 0.15) is 34.6 Å². The van der Waals surface area contributed by atoms with E-state index in [-0.39, 0.29) is 17.8 Å². The fourth-order valence-corrected chi connectivity index (χ4v) is 3.82. The lowest BCUT2D eigenvalue weighted by Crippen LogP contribution is -2.36. The maximum absolute atomic E-state index is 12.1. The number of thioether (sulfide) groups is 1. The molecule has 0 spiro atoms. The minimum Gasteiger partial charge on any atom is -0.371 e. The predicted octanol–water partition coefficient (Wildman–Crippen LogP) is 3.17. The van der Waals surface area contributed by atoms with Gasteiger partial charge in [-0.15, -0.1) is 11.8 Å². The van der Waals surface area contributed by atoms with E-state index in [4.69, 9.17) is 9.57 Å². The smallest absolute Gasteiger partial charge is 0.371 e. The molecule has 0 saturated carbocycles. The van der Waals surface area contributed by atoms with Crippen LogP contribution >= 0.6 is 23.7 Å². The first-order valence-electron chi connectivity index (χ1n) is 7.15. The number of oxime groups is 1. The summed E-state index contributed by atoms with van der Waals surface area (Å²) in [6.45, 7) is 9.81. The molecule has 1 saturated heterocycles. The van der Waals surface area contributed by atoms with Gasteiger partial charge in [0.15, 0.2) is 5.78 Å². The molecule has 1 aliphatic rings. The van der Waals surface area contributed by atoms with E-state index in [1.807, 2.05) is 20.8 Å². The van der Waals surface area contributed by atoms with Crippen LogP contribution in [0.4, 0.5) is 4.79 Å². The van der Waals surface area contributed by atoms with Gasteiger partial charge in [-0.1, -0.05) is 19.0 Å². The number of amides is 1. The highest BCUT2D eigenvalue weighted by atomic mass is 32.2. The van der Waals surface area contributed by atoms with Gasteiger partial charge in [0.05, 0.1) is 11.4 Å². The molecule has 22 heavy (non-hydrogen) atoms. The minimum absolute atomic E-state index is 0.0772. The molecule has 0 aromatic carbocycles. The molecule has 0 radical (unpaired) electrons. The van der Waals surface area contributed by atoms with Gasteiger partial charge in [0.25, 0.3) is 0 Å². The van der Waals surface area contributed by atoms with Crippen LogP contribution in [0.25, 0.3) is 0 Å². The van der Waals surface area contributed by atoms with E-state index in [0.717, 1.165) is 17.7 Å². The molecule has 8 heteroatoms. The summed E-state index contributed by atoms with van der Waals surface area (Å²) in [6.07, 6.45) is -0.774. The van der Waals surface area contributed by atoms with Crippen molar-refractivity contribution in [1.29, 1.82) is 0 Å². The zero-order valence-corrected chi connectivity index (χ0v) is 15.5. The molecule has 126 valence electrons. The van der Waals surface area contributed by atoms with Gasteiger partial charge in [-0.25, -0.2) is 4.79 Å². The Bertz CT molecular complexity index is 452. The van der Waals surface area contributed by atoms with Crippen molar-refractivity contribution in [2.24, 2.45) is 11.1 Å². The monoisotopic (exact) mass is 348 g/mol. The number of carbonyl (C=O) groups excluding carboxylic acids is 2. The van der Waals surface area contributed by atoms with Crippen LogP contribution in [0.2, 0.25) is 0 Å². The zero-order chi connectivity index (χ0) is 16.9. The Balaban J connectivity index is 2.58. The summed E-state index contributed by atoms with van der Waals surface area (Å²) in [6, 6.07) is 0. The van der Waals surface area contributed by atoms with Gasteiger partial charge in [-0.3, -0.25) is 13.9 Å². The lowest BCUT2D eigenvalue weighted by Gasteiger charge is -2.28. The van der Waals surface area contributed by atoms with E-state index in [1.165, 1.54) is 16.1 Å². The molecule has 0 aromatic rings. The van der Waals surface area contributed by atoms with E-state index < -0.39 is 10.8 Å². The molecule has 1 unspecified atom stereocenters. The standard InChI is InChI=1S/C14H24N2O4S2/c1-9(2)11(17)14(4,5)22-16(6)13(18)20-15-12-10(3)19-7-8-21-12/h9-10H,7-8H2,1-6H3. The van der Waals surface area contributed by atoms with Crippen LogP contribution in [0.3, 0.4) is 0 Å². The third-order valence-corrected chi connectivity index (χ3v) is 5.16. The molecular weight excluding hydrogens is 324 g/mol. The fourth-order valence-electron chi connectivity index (χ4n) is 1.92. The average molecular weight is 348 g/mol. The van der Waals surface area contributed by atoms with Gasteiger partial charge in [0.1, 0.15) is 11.1 Å². The Kier molecular flexibility index (Phi) is 7.21. The quantitative estimate of drug-likeness (QED) is 0.432. The van der Waals surface area contributed by atoms with Crippen LogP contribution < -0.4 is 0 Å². The van der Waals surface area contributed by atoms with Gasteiger partial charge in [-0.05, 0) is 32.7 Å². The SMILES string of the molecule is CC(C)C(=O)C(C)(C)SN(C)C(=O)ON=C1SCCOC1C. The molecular formula is C14H24N2O4S2. The summed E-state index contributed by atoms with van der Waals surface area (Å²) in [5.41, 5.74) is 0. The summed E-state index contributed by atoms with van der Waals surface area (Å²) in [5, 5.41) is 4.51. The maximum atomic E-state index is 12.1. The van der Waals surface area contributed by atoms with Crippen LogP contribution in [0.5, 0.6) is 0 Å². The van der Waals surface area contributed by atoms with Crippen molar-refractivity contribution in [2.45, 2.75) is 45.5 Å². The highest BCUT2D eigenvalue weighted by Gasteiger charge is 2.34. The van der Waals surface area contributed by atoms with Crippen molar-refractivity contribution in [3.63, 3.8) is 0 Å². The number of hydrogen-bond acceptors (Lipinski definition) is 7. The molecule has 1 heterocycles. The lowest BCUT2D eigenvalue weighted by molar-refractivity contribution is -0.123. The van der Waals surface area contributed by atoms with E-state index in [1.54, 1.807) is 20.9 Å². The summed E-state index contributed by atoms with van der Waals surface area (Å²) in [4.78, 5) is 29.0. The van der Waals surface area contributed by atoms with Crippen LogP contribution in [-0.4, -0.2) is 51.5 Å².